The van der Waals surface area contributed by atoms with Crippen molar-refractivity contribution in [1.82, 2.24) is 0 Å². The standard InChI is InChI=1S/C25H32NO.BrH/c1-20-19-26(17-11-3-4-12-18-26)21(2)24(27)25(20,22-13-7-5-8-14-22)23-15-9-6-10-16-23;/h5-10,13-16,20-21H,3-4,11-12,17-19H2,1-2H3;1H/q+1;/p-1. The zero-order valence-corrected chi connectivity index (χ0v) is 18.7. The van der Waals surface area contributed by atoms with E-state index in [1.54, 1.807) is 0 Å². The molecule has 2 fully saturated rings. The lowest BCUT2D eigenvalue weighted by atomic mass is 9.59. The Morgan fingerprint density at radius 3 is 1.71 bits per heavy atom. The molecule has 2 aliphatic heterocycles. The molecule has 0 N–H and O–H groups in total. The van der Waals surface area contributed by atoms with Crippen molar-refractivity contribution in [3.05, 3.63) is 71.8 Å². The molecule has 2 unspecified atom stereocenters. The molecule has 4 rings (SSSR count). The third kappa shape index (κ3) is 3.27. The number of nitrogens with zero attached hydrogens (tertiary/aromatic N) is 1. The normalized spacial score (nSPS) is 26.3. The summed E-state index contributed by atoms with van der Waals surface area (Å²) in [5.74, 6) is 0.699. The molecule has 1 spiro atoms. The molecule has 28 heavy (non-hydrogen) atoms. The second kappa shape index (κ2) is 8.51. The van der Waals surface area contributed by atoms with Gasteiger partial charge in [0.25, 0.3) is 0 Å². The van der Waals surface area contributed by atoms with E-state index in [1.165, 1.54) is 25.7 Å². The van der Waals surface area contributed by atoms with E-state index in [-0.39, 0.29) is 28.9 Å². The summed E-state index contributed by atoms with van der Waals surface area (Å²) < 4.78 is 1.00. The minimum atomic E-state index is -0.530. The Hall–Kier alpha value is -1.45. The Labute approximate surface area is 180 Å². The first-order valence-corrected chi connectivity index (χ1v) is 10.6. The van der Waals surface area contributed by atoms with E-state index in [0.29, 0.717) is 5.78 Å². The lowest BCUT2D eigenvalue weighted by molar-refractivity contribution is -0.946. The quantitative estimate of drug-likeness (QED) is 0.651. The second-order valence-electron chi connectivity index (χ2n) is 8.74. The van der Waals surface area contributed by atoms with E-state index in [4.69, 9.17) is 0 Å². The fraction of sp³-hybridized carbons (Fsp3) is 0.480. The summed E-state index contributed by atoms with van der Waals surface area (Å²) in [7, 11) is 0. The van der Waals surface area contributed by atoms with Crippen LogP contribution in [0.4, 0.5) is 0 Å². The molecule has 2 aliphatic rings. The average Bonchev–Trinajstić information content (AvgIpc) is 2.95. The molecule has 0 radical (unpaired) electrons. The number of Topliss-reactive ketones (excluding diaryl/α,β-unsaturated/α-hetero) is 1. The van der Waals surface area contributed by atoms with E-state index < -0.39 is 5.41 Å². The smallest absolute Gasteiger partial charge is 0.204 e. The maximum atomic E-state index is 14.2. The lowest BCUT2D eigenvalue weighted by Crippen LogP contribution is -3.00. The largest absolute Gasteiger partial charge is 1.00 e. The summed E-state index contributed by atoms with van der Waals surface area (Å²) >= 11 is 0. The van der Waals surface area contributed by atoms with Crippen molar-refractivity contribution in [2.75, 3.05) is 19.6 Å². The van der Waals surface area contributed by atoms with Crippen LogP contribution in [-0.4, -0.2) is 35.9 Å². The molecule has 2 atom stereocenters. The number of quaternary nitrogens is 1. The number of carbonyl (C=O) groups is 1. The van der Waals surface area contributed by atoms with Crippen molar-refractivity contribution in [3.63, 3.8) is 0 Å². The highest BCUT2D eigenvalue weighted by atomic mass is 79.9. The van der Waals surface area contributed by atoms with Crippen LogP contribution < -0.4 is 17.0 Å². The highest BCUT2D eigenvalue weighted by Crippen LogP contribution is 2.47. The number of benzene rings is 2. The number of halogens is 1. The molecule has 2 nitrogen and oxygen atoms in total. The first-order chi connectivity index (χ1) is 13.1. The van der Waals surface area contributed by atoms with Crippen molar-refractivity contribution in [3.8, 4) is 0 Å². The zero-order chi connectivity index (χ0) is 18.9. The molecule has 150 valence electrons. The highest BCUT2D eigenvalue weighted by Gasteiger charge is 2.59. The maximum Gasteiger partial charge on any atom is 0.204 e. The van der Waals surface area contributed by atoms with Crippen molar-refractivity contribution in [2.24, 2.45) is 5.92 Å². The summed E-state index contributed by atoms with van der Waals surface area (Å²) in [6.45, 7) is 7.94. The minimum absolute atomic E-state index is 0. The molecule has 2 aromatic rings. The van der Waals surface area contributed by atoms with Crippen LogP contribution in [0.3, 0.4) is 0 Å². The summed E-state index contributed by atoms with van der Waals surface area (Å²) in [5.41, 5.74) is 1.79. The fourth-order valence-corrected chi connectivity index (χ4v) is 5.97. The molecule has 2 saturated heterocycles. The predicted octanol–water partition coefficient (Wildman–Crippen LogP) is 1.97. The first-order valence-electron chi connectivity index (χ1n) is 10.6. The van der Waals surface area contributed by atoms with Gasteiger partial charge in [0.05, 0.1) is 25.0 Å². The highest BCUT2D eigenvalue weighted by molar-refractivity contribution is 5.97. The van der Waals surface area contributed by atoms with E-state index in [2.05, 4.69) is 62.4 Å². The Morgan fingerprint density at radius 2 is 1.25 bits per heavy atom. The summed E-state index contributed by atoms with van der Waals surface area (Å²) in [6.07, 6.45) is 5.15. The third-order valence-corrected chi connectivity index (χ3v) is 7.38. The van der Waals surface area contributed by atoms with Gasteiger partial charge in [-0.15, -0.1) is 0 Å². The van der Waals surface area contributed by atoms with Crippen LogP contribution >= 0.6 is 0 Å². The Morgan fingerprint density at radius 1 is 0.786 bits per heavy atom. The maximum absolute atomic E-state index is 14.2. The number of hydrogen-bond acceptors (Lipinski definition) is 1. The van der Waals surface area contributed by atoms with Gasteiger partial charge in [-0.1, -0.05) is 67.6 Å². The van der Waals surface area contributed by atoms with Gasteiger partial charge in [-0.3, -0.25) is 4.79 Å². The molecular formula is C25H32BrNO. The summed E-state index contributed by atoms with van der Waals surface area (Å²) in [6, 6.07) is 21.1. The Kier molecular flexibility index (Phi) is 6.46. The topological polar surface area (TPSA) is 17.1 Å². The monoisotopic (exact) mass is 441 g/mol. The van der Waals surface area contributed by atoms with Gasteiger partial charge in [0, 0.05) is 5.92 Å². The molecule has 0 aliphatic carbocycles. The van der Waals surface area contributed by atoms with Gasteiger partial charge in [-0.2, -0.15) is 0 Å². The van der Waals surface area contributed by atoms with Gasteiger partial charge in [0.15, 0.2) is 0 Å². The third-order valence-electron chi connectivity index (χ3n) is 7.38. The van der Waals surface area contributed by atoms with Crippen molar-refractivity contribution in [1.29, 1.82) is 0 Å². The van der Waals surface area contributed by atoms with E-state index >= 15 is 0 Å². The van der Waals surface area contributed by atoms with Crippen molar-refractivity contribution >= 4 is 5.78 Å². The van der Waals surface area contributed by atoms with E-state index in [0.717, 1.165) is 35.2 Å². The van der Waals surface area contributed by atoms with Gasteiger partial charge in [-0.25, -0.2) is 0 Å². The van der Waals surface area contributed by atoms with Crippen LogP contribution in [0.1, 0.15) is 50.7 Å². The molecule has 2 aromatic carbocycles. The molecule has 0 amide bonds. The van der Waals surface area contributed by atoms with E-state index in [1.807, 2.05) is 12.1 Å². The minimum Gasteiger partial charge on any atom is -1.00 e. The van der Waals surface area contributed by atoms with Gasteiger partial charge in [0.1, 0.15) is 6.04 Å². The SMILES string of the molecule is CC1C[N+]2(CCCCCC2)C(C)C(=O)C1(c1ccccc1)c1ccccc1.[Br-]. The summed E-state index contributed by atoms with van der Waals surface area (Å²) in [5, 5.41) is 0. The van der Waals surface area contributed by atoms with Crippen molar-refractivity contribution in [2.45, 2.75) is 51.0 Å². The van der Waals surface area contributed by atoms with Crippen LogP contribution in [-0.2, 0) is 10.2 Å². The Balaban J connectivity index is 0.00000225. The fourth-order valence-electron chi connectivity index (χ4n) is 5.97. The average molecular weight is 442 g/mol. The van der Waals surface area contributed by atoms with Gasteiger partial charge >= 0.3 is 0 Å². The van der Waals surface area contributed by atoms with Crippen molar-refractivity contribution < 1.29 is 26.3 Å². The molecule has 2 heterocycles. The second-order valence-corrected chi connectivity index (χ2v) is 8.74. The zero-order valence-electron chi connectivity index (χ0n) is 17.1. The van der Waals surface area contributed by atoms with Crippen LogP contribution in [0.2, 0.25) is 0 Å². The molecule has 0 saturated carbocycles. The first kappa shape index (κ1) is 21.3. The molecule has 0 bridgehead atoms. The molecule has 0 aromatic heterocycles. The predicted molar refractivity (Wildman–Crippen MR) is 111 cm³/mol. The van der Waals surface area contributed by atoms with Crippen LogP contribution in [0.25, 0.3) is 0 Å². The molecule has 3 heteroatoms. The van der Waals surface area contributed by atoms with Gasteiger partial charge in [0.2, 0.25) is 5.78 Å². The number of piperidine rings is 1. The number of hydrogen-bond donors (Lipinski definition) is 0. The number of carbonyl (C=O) groups excluding carboxylic acids is 1. The Bertz CT molecular complexity index is 741. The van der Waals surface area contributed by atoms with Crippen LogP contribution in [0.15, 0.2) is 60.7 Å². The van der Waals surface area contributed by atoms with E-state index in [9.17, 15) is 4.79 Å². The van der Waals surface area contributed by atoms with Gasteiger partial charge < -0.3 is 21.5 Å². The number of ketones is 1. The summed E-state index contributed by atoms with van der Waals surface area (Å²) in [4.78, 5) is 14.2. The lowest BCUT2D eigenvalue weighted by Gasteiger charge is -2.54. The number of rotatable bonds is 2. The van der Waals surface area contributed by atoms with Gasteiger partial charge in [-0.05, 0) is 43.7 Å². The molecular weight excluding hydrogens is 410 g/mol. The van der Waals surface area contributed by atoms with Crippen LogP contribution in [0, 0.1) is 5.92 Å². The van der Waals surface area contributed by atoms with Crippen LogP contribution in [0.5, 0.6) is 0 Å².